The molecule has 0 rings (SSSR count). The van der Waals surface area contributed by atoms with Crippen molar-refractivity contribution < 1.29 is 0 Å². The van der Waals surface area contributed by atoms with Crippen LogP contribution in [0.5, 0.6) is 0 Å². The number of unbranched alkanes of at least 4 members (excludes halogenated alkanes) is 10. The Labute approximate surface area is 173 Å². The molecule has 0 aromatic carbocycles. The first-order valence-electron chi connectivity index (χ1n) is 12.5. The molecule has 0 aromatic heterocycles. The quantitative estimate of drug-likeness (QED) is 0.209. The normalized spacial score (nSPS) is 12.0. The van der Waals surface area contributed by atoms with E-state index in [-0.39, 0.29) is 0 Å². The number of nitrogens with two attached hydrogens (primary N) is 1. The molecule has 0 saturated heterocycles. The molecule has 0 heterocycles. The third kappa shape index (κ3) is 22.1. The highest BCUT2D eigenvalue weighted by Crippen LogP contribution is 2.13. The van der Waals surface area contributed by atoms with E-state index in [0.717, 1.165) is 24.8 Å². The van der Waals surface area contributed by atoms with Crippen LogP contribution in [0.2, 0.25) is 0 Å². The van der Waals surface area contributed by atoms with Gasteiger partial charge in [-0.15, -0.1) is 0 Å². The van der Waals surface area contributed by atoms with E-state index < -0.39 is 0 Å². The minimum atomic E-state index is 0.836. The maximum Gasteiger partial charge on any atom is -0.000672 e. The molecule has 0 aliphatic carbocycles. The smallest absolute Gasteiger partial charge is 0.000672 e. The maximum atomic E-state index is 5.74. The zero-order valence-electron chi connectivity index (χ0n) is 19.6. The van der Waals surface area contributed by atoms with E-state index in [1.54, 1.807) is 0 Å². The van der Waals surface area contributed by atoms with Crippen molar-refractivity contribution in [1.82, 2.24) is 4.90 Å². The van der Waals surface area contributed by atoms with E-state index in [1.165, 1.54) is 110 Å². The molecular weight excluding hydrogens is 328 g/mol. The standard InChI is InChI=1S/C25H54N2/c1-24(2)18-13-9-5-7-11-15-21-27(23-17-20-26)22-16-12-8-6-10-14-19-25(3)4/h24-25H,5-23,26H2,1-4H3. The third-order valence-corrected chi connectivity index (χ3v) is 5.69. The van der Waals surface area contributed by atoms with Gasteiger partial charge in [0.15, 0.2) is 0 Å². The van der Waals surface area contributed by atoms with E-state index in [1.807, 2.05) is 0 Å². The Bertz CT molecular complexity index is 251. The van der Waals surface area contributed by atoms with Crippen molar-refractivity contribution in [1.29, 1.82) is 0 Å². The van der Waals surface area contributed by atoms with E-state index in [2.05, 4.69) is 32.6 Å². The second kappa shape index (κ2) is 20.6. The van der Waals surface area contributed by atoms with Crippen LogP contribution in [0.3, 0.4) is 0 Å². The molecule has 0 aliphatic rings. The monoisotopic (exact) mass is 382 g/mol. The van der Waals surface area contributed by atoms with Crippen LogP contribution in [-0.4, -0.2) is 31.1 Å². The first-order valence-corrected chi connectivity index (χ1v) is 12.5. The van der Waals surface area contributed by atoms with Gasteiger partial charge in [0.25, 0.3) is 0 Å². The summed E-state index contributed by atoms with van der Waals surface area (Å²) in [6.45, 7) is 14.0. The van der Waals surface area contributed by atoms with Crippen molar-refractivity contribution in [2.45, 2.75) is 124 Å². The molecule has 0 spiro atoms. The largest absolute Gasteiger partial charge is 0.330 e. The number of nitrogens with zero attached hydrogens (tertiary/aromatic N) is 1. The van der Waals surface area contributed by atoms with Gasteiger partial charge in [-0.05, 0) is 57.3 Å². The summed E-state index contributed by atoms with van der Waals surface area (Å²) in [6.07, 6.45) is 21.0. The molecular formula is C25H54N2. The summed E-state index contributed by atoms with van der Waals surface area (Å²) >= 11 is 0. The fraction of sp³-hybridized carbons (Fsp3) is 1.00. The molecule has 0 bridgehead atoms. The van der Waals surface area contributed by atoms with Crippen LogP contribution in [0.4, 0.5) is 0 Å². The summed E-state index contributed by atoms with van der Waals surface area (Å²) in [6, 6.07) is 0. The lowest BCUT2D eigenvalue weighted by Crippen LogP contribution is -2.28. The van der Waals surface area contributed by atoms with Crippen LogP contribution in [-0.2, 0) is 0 Å². The molecule has 164 valence electrons. The summed E-state index contributed by atoms with van der Waals surface area (Å²) in [5, 5.41) is 0. The van der Waals surface area contributed by atoms with Crippen LogP contribution in [0.25, 0.3) is 0 Å². The van der Waals surface area contributed by atoms with Crippen molar-refractivity contribution in [2.24, 2.45) is 17.6 Å². The molecule has 0 atom stereocenters. The average Bonchev–Trinajstić information content (AvgIpc) is 2.62. The number of hydrogen-bond acceptors (Lipinski definition) is 2. The molecule has 0 unspecified atom stereocenters. The minimum Gasteiger partial charge on any atom is -0.330 e. The summed E-state index contributed by atoms with van der Waals surface area (Å²) in [7, 11) is 0. The number of hydrogen-bond donors (Lipinski definition) is 1. The van der Waals surface area contributed by atoms with E-state index in [9.17, 15) is 0 Å². The highest BCUT2D eigenvalue weighted by atomic mass is 15.1. The van der Waals surface area contributed by atoms with Gasteiger partial charge in [0.1, 0.15) is 0 Å². The summed E-state index contributed by atoms with van der Waals surface area (Å²) < 4.78 is 0. The number of rotatable bonds is 21. The molecule has 0 amide bonds. The van der Waals surface area contributed by atoms with Gasteiger partial charge in [-0.2, -0.15) is 0 Å². The lowest BCUT2D eigenvalue weighted by molar-refractivity contribution is 0.258. The fourth-order valence-corrected chi connectivity index (χ4v) is 3.84. The predicted octanol–water partition coefficient (Wildman–Crippen LogP) is 7.41. The second-order valence-electron chi connectivity index (χ2n) is 9.59. The lowest BCUT2D eigenvalue weighted by Gasteiger charge is -2.22. The Morgan fingerprint density at radius 2 is 0.815 bits per heavy atom. The van der Waals surface area contributed by atoms with Crippen LogP contribution in [0.15, 0.2) is 0 Å². The molecule has 2 nitrogen and oxygen atoms in total. The first-order chi connectivity index (χ1) is 13.1. The Hall–Kier alpha value is -0.0800. The van der Waals surface area contributed by atoms with Gasteiger partial charge in [-0.3, -0.25) is 0 Å². The summed E-state index contributed by atoms with van der Waals surface area (Å²) in [5.41, 5.74) is 5.74. The minimum absolute atomic E-state index is 0.836. The van der Waals surface area contributed by atoms with E-state index in [4.69, 9.17) is 5.73 Å². The van der Waals surface area contributed by atoms with E-state index in [0.29, 0.717) is 0 Å². The van der Waals surface area contributed by atoms with Gasteiger partial charge in [-0.25, -0.2) is 0 Å². The zero-order chi connectivity index (χ0) is 20.2. The Morgan fingerprint density at radius 3 is 1.19 bits per heavy atom. The highest BCUT2D eigenvalue weighted by molar-refractivity contribution is 4.60. The van der Waals surface area contributed by atoms with Crippen molar-refractivity contribution in [3.8, 4) is 0 Å². The molecule has 0 radical (unpaired) electrons. The fourth-order valence-electron chi connectivity index (χ4n) is 3.84. The lowest BCUT2D eigenvalue weighted by atomic mass is 10.0. The van der Waals surface area contributed by atoms with E-state index >= 15 is 0 Å². The highest BCUT2D eigenvalue weighted by Gasteiger charge is 2.04. The molecule has 0 fully saturated rings. The van der Waals surface area contributed by atoms with Crippen molar-refractivity contribution in [3.05, 3.63) is 0 Å². The molecule has 0 aliphatic heterocycles. The van der Waals surface area contributed by atoms with Crippen LogP contribution < -0.4 is 5.73 Å². The summed E-state index contributed by atoms with van der Waals surface area (Å²) in [4.78, 5) is 2.68. The molecule has 2 heteroatoms. The average molecular weight is 383 g/mol. The molecule has 0 saturated carbocycles. The summed E-state index contributed by atoms with van der Waals surface area (Å²) in [5.74, 6) is 1.75. The van der Waals surface area contributed by atoms with Crippen molar-refractivity contribution in [2.75, 3.05) is 26.2 Å². The maximum absolute atomic E-state index is 5.74. The van der Waals surface area contributed by atoms with Crippen LogP contribution in [0.1, 0.15) is 124 Å². The zero-order valence-corrected chi connectivity index (χ0v) is 19.6. The first kappa shape index (κ1) is 26.9. The topological polar surface area (TPSA) is 29.3 Å². The predicted molar refractivity (Wildman–Crippen MR) is 124 cm³/mol. The van der Waals surface area contributed by atoms with Crippen molar-refractivity contribution >= 4 is 0 Å². The van der Waals surface area contributed by atoms with Gasteiger partial charge in [0, 0.05) is 0 Å². The van der Waals surface area contributed by atoms with Crippen molar-refractivity contribution in [3.63, 3.8) is 0 Å². The Kier molecular flexibility index (Phi) is 20.6. The van der Waals surface area contributed by atoms with Gasteiger partial charge >= 0.3 is 0 Å². The third-order valence-electron chi connectivity index (χ3n) is 5.69. The van der Waals surface area contributed by atoms with Gasteiger partial charge in [-0.1, -0.05) is 105 Å². The van der Waals surface area contributed by atoms with Crippen LogP contribution >= 0.6 is 0 Å². The second-order valence-corrected chi connectivity index (χ2v) is 9.59. The molecule has 27 heavy (non-hydrogen) atoms. The molecule has 0 aromatic rings. The SMILES string of the molecule is CC(C)CCCCCCCCN(CCCN)CCCCCCCCC(C)C. The van der Waals surface area contributed by atoms with Gasteiger partial charge in [0.05, 0.1) is 0 Å². The molecule has 2 N–H and O–H groups in total. The van der Waals surface area contributed by atoms with Crippen LogP contribution in [0, 0.1) is 11.8 Å². The van der Waals surface area contributed by atoms with Gasteiger partial charge in [0.2, 0.25) is 0 Å². The Morgan fingerprint density at radius 1 is 0.481 bits per heavy atom. The Balaban J connectivity index is 3.58. The van der Waals surface area contributed by atoms with Gasteiger partial charge < -0.3 is 10.6 Å².